The first kappa shape index (κ1) is 12.6. The monoisotopic (exact) mass is 232 g/mol. The van der Waals surface area contributed by atoms with Crippen LogP contribution in [0.2, 0.25) is 0 Å². The Kier molecular flexibility index (Phi) is 3.55. The predicted molar refractivity (Wildman–Crippen MR) is 72.6 cm³/mol. The number of benzene rings is 1. The van der Waals surface area contributed by atoms with Crippen LogP contribution in [0.5, 0.6) is 0 Å². The molecule has 2 heteroatoms. The Bertz CT molecular complexity index is 354. The van der Waals surface area contributed by atoms with Crippen molar-refractivity contribution in [2.75, 3.05) is 6.54 Å². The van der Waals surface area contributed by atoms with Gasteiger partial charge in [-0.25, -0.2) is 0 Å². The number of hydrogen-bond donors (Lipinski definition) is 1. The van der Waals surface area contributed by atoms with Crippen molar-refractivity contribution in [2.45, 2.75) is 46.3 Å². The minimum Gasteiger partial charge on any atom is -0.329 e. The SMILES string of the molecule is CC(C)(C)CC(CN)N1Cc2ccccc2C1. The average Bonchev–Trinajstić information content (AvgIpc) is 2.67. The number of hydrogen-bond acceptors (Lipinski definition) is 2. The molecule has 1 heterocycles. The van der Waals surface area contributed by atoms with Crippen LogP contribution < -0.4 is 5.73 Å². The number of nitrogens with zero attached hydrogens (tertiary/aromatic N) is 1. The molecule has 0 amide bonds. The van der Waals surface area contributed by atoms with Gasteiger partial charge in [0.05, 0.1) is 0 Å². The molecule has 0 radical (unpaired) electrons. The molecule has 0 bridgehead atoms. The molecule has 0 saturated carbocycles. The van der Waals surface area contributed by atoms with Crippen molar-refractivity contribution in [3.63, 3.8) is 0 Å². The van der Waals surface area contributed by atoms with Gasteiger partial charge in [-0.1, -0.05) is 45.0 Å². The van der Waals surface area contributed by atoms with E-state index in [1.807, 2.05) is 0 Å². The van der Waals surface area contributed by atoms with Gasteiger partial charge in [0, 0.05) is 25.7 Å². The molecule has 1 aromatic rings. The van der Waals surface area contributed by atoms with E-state index >= 15 is 0 Å². The molecule has 1 atom stereocenters. The molecule has 0 fully saturated rings. The molecule has 0 saturated heterocycles. The van der Waals surface area contributed by atoms with E-state index in [-0.39, 0.29) is 0 Å². The lowest BCUT2D eigenvalue weighted by Gasteiger charge is -2.32. The maximum Gasteiger partial charge on any atom is 0.0244 e. The second-order valence-corrected chi connectivity index (χ2v) is 6.33. The van der Waals surface area contributed by atoms with Gasteiger partial charge in [0.15, 0.2) is 0 Å². The fourth-order valence-electron chi connectivity index (χ4n) is 2.69. The summed E-state index contributed by atoms with van der Waals surface area (Å²) in [6, 6.07) is 9.23. The van der Waals surface area contributed by atoms with E-state index in [9.17, 15) is 0 Å². The molecule has 2 rings (SSSR count). The van der Waals surface area contributed by atoms with Gasteiger partial charge < -0.3 is 5.73 Å². The van der Waals surface area contributed by atoms with Crippen molar-refractivity contribution in [2.24, 2.45) is 11.1 Å². The van der Waals surface area contributed by atoms with Gasteiger partial charge >= 0.3 is 0 Å². The summed E-state index contributed by atoms with van der Waals surface area (Å²) < 4.78 is 0. The van der Waals surface area contributed by atoms with Crippen LogP contribution >= 0.6 is 0 Å². The number of rotatable bonds is 3. The summed E-state index contributed by atoms with van der Waals surface area (Å²) in [6.07, 6.45) is 1.16. The zero-order valence-electron chi connectivity index (χ0n) is 11.2. The average molecular weight is 232 g/mol. The highest BCUT2D eigenvalue weighted by molar-refractivity contribution is 5.30. The molecular formula is C15H24N2. The highest BCUT2D eigenvalue weighted by atomic mass is 15.2. The van der Waals surface area contributed by atoms with Gasteiger partial charge in [0.2, 0.25) is 0 Å². The Balaban J connectivity index is 2.05. The van der Waals surface area contributed by atoms with E-state index in [4.69, 9.17) is 5.73 Å². The lowest BCUT2D eigenvalue weighted by Crippen LogP contribution is -2.39. The highest BCUT2D eigenvalue weighted by Crippen LogP contribution is 2.29. The normalized spacial score (nSPS) is 18.1. The maximum atomic E-state index is 5.95. The molecule has 1 unspecified atom stereocenters. The second-order valence-electron chi connectivity index (χ2n) is 6.33. The zero-order valence-corrected chi connectivity index (χ0v) is 11.2. The minimum absolute atomic E-state index is 0.346. The Morgan fingerprint density at radius 1 is 1.18 bits per heavy atom. The lowest BCUT2D eigenvalue weighted by atomic mass is 9.87. The van der Waals surface area contributed by atoms with Gasteiger partial charge in [-0.15, -0.1) is 0 Å². The molecule has 1 aromatic carbocycles. The summed E-state index contributed by atoms with van der Waals surface area (Å²) in [4.78, 5) is 2.52. The Morgan fingerprint density at radius 3 is 2.12 bits per heavy atom. The van der Waals surface area contributed by atoms with Crippen LogP contribution in [0, 0.1) is 5.41 Å². The third-order valence-electron chi connectivity index (χ3n) is 3.50. The van der Waals surface area contributed by atoms with Crippen LogP contribution in [-0.2, 0) is 13.1 Å². The summed E-state index contributed by atoms with van der Waals surface area (Å²) >= 11 is 0. The summed E-state index contributed by atoms with van der Waals surface area (Å²) in [5, 5.41) is 0. The van der Waals surface area contributed by atoms with Crippen molar-refractivity contribution in [3.05, 3.63) is 35.4 Å². The van der Waals surface area contributed by atoms with Crippen molar-refractivity contribution >= 4 is 0 Å². The molecule has 1 aliphatic heterocycles. The first-order valence-corrected chi connectivity index (χ1v) is 6.50. The molecule has 2 N–H and O–H groups in total. The molecule has 1 aliphatic rings. The van der Waals surface area contributed by atoms with E-state index in [0.29, 0.717) is 11.5 Å². The Labute approximate surface area is 105 Å². The Morgan fingerprint density at radius 2 is 1.71 bits per heavy atom. The molecular weight excluding hydrogens is 208 g/mol. The van der Waals surface area contributed by atoms with Gasteiger partial charge in [-0.3, -0.25) is 4.90 Å². The van der Waals surface area contributed by atoms with E-state index in [1.165, 1.54) is 11.1 Å². The molecule has 0 aliphatic carbocycles. The van der Waals surface area contributed by atoms with Crippen LogP contribution in [0.4, 0.5) is 0 Å². The molecule has 0 spiro atoms. The predicted octanol–water partition coefficient (Wildman–Crippen LogP) is 2.77. The van der Waals surface area contributed by atoms with E-state index < -0.39 is 0 Å². The minimum atomic E-state index is 0.346. The van der Waals surface area contributed by atoms with E-state index in [1.54, 1.807) is 0 Å². The Hall–Kier alpha value is -0.860. The summed E-state index contributed by atoms with van der Waals surface area (Å²) in [5.41, 5.74) is 9.24. The van der Waals surface area contributed by atoms with E-state index in [0.717, 1.165) is 26.1 Å². The fraction of sp³-hybridized carbons (Fsp3) is 0.600. The van der Waals surface area contributed by atoms with E-state index in [2.05, 4.69) is 49.9 Å². The third-order valence-corrected chi connectivity index (χ3v) is 3.50. The van der Waals surface area contributed by atoms with Crippen molar-refractivity contribution in [3.8, 4) is 0 Å². The summed E-state index contributed by atoms with van der Waals surface area (Å²) in [6.45, 7) is 9.75. The van der Waals surface area contributed by atoms with Crippen LogP contribution in [0.25, 0.3) is 0 Å². The molecule has 0 aromatic heterocycles. The van der Waals surface area contributed by atoms with Crippen LogP contribution in [0.15, 0.2) is 24.3 Å². The molecule has 94 valence electrons. The molecule has 17 heavy (non-hydrogen) atoms. The third kappa shape index (κ3) is 3.08. The summed E-state index contributed by atoms with van der Waals surface area (Å²) in [5.74, 6) is 0. The first-order valence-electron chi connectivity index (χ1n) is 6.50. The second kappa shape index (κ2) is 4.79. The van der Waals surface area contributed by atoms with Gasteiger partial charge in [-0.2, -0.15) is 0 Å². The van der Waals surface area contributed by atoms with Crippen molar-refractivity contribution in [1.29, 1.82) is 0 Å². The summed E-state index contributed by atoms with van der Waals surface area (Å²) in [7, 11) is 0. The quantitative estimate of drug-likeness (QED) is 0.868. The first-order chi connectivity index (χ1) is 7.99. The zero-order chi connectivity index (χ0) is 12.5. The van der Waals surface area contributed by atoms with Crippen molar-refractivity contribution < 1.29 is 0 Å². The van der Waals surface area contributed by atoms with Crippen molar-refractivity contribution in [1.82, 2.24) is 4.90 Å². The number of nitrogens with two attached hydrogens (primary N) is 1. The van der Waals surface area contributed by atoms with Gasteiger partial charge in [-0.05, 0) is 23.0 Å². The van der Waals surface area contributed by atoms with Gasteiger partial charge in [0.1, 0.15) is 0 Å². The lowest BCUT2D eigenvalue weighted by molar-refractivity contribution is 0.152. The molecule has 2 nitrogen and oxygen atoms in total. The highest BCUT2D eigenvalue weighted by Gasteiger charge is 2.27. The largest absolute Gasteiger partial charge is 0.329 e. The van der Waals surface area contributed by atoms with Crippen LogP contribution in [-0.4, -0.2) is 17.5 Å². The number of fused-ring (bicyclic) bond motifs is 1. The standard InChI is InChI=1S/C15H24N2/c1-15(2,3)8-14(9-16)17-10-12-6-4-5-7-13(12)11-17/h4-7,14H,8-11,16H2,1-3H3. The van der Waals surface area contributed by atoms with Crippen LogP contribution in [0.1, 0.15) is 38.3 Å². The van der Waals surface area contributed by atoms with Gasteiger partial charge in [0.25, 0.3) is 0 Å². The topological polar surface area (TPSA) is 29.3 Å². The van der Waals surface area contributed by atoms with Crippen LogP contribution in [0.3, 0.4) is 0 Å². The fourth-order valence-corrected chi connectivity index (χ4v) is 2.69. The maximum absolute atomic E-state index is 5.95. The smallest absolute Gasteiger partial charge is 0.0244 e.